The van der Waals surface area contributed by atoms with Gasteiger partial charge in [0, 0.05) is 29.8 Å². The van der Waals surface area contributed by atoms with Gasteiger partial charge in [0.15, 0.2) is 0 Å². The fourth-order valence-electron chi connectivity index (χ4n) is 4.24. The number of nitrogens with one attached hydrogen (secondary N) is 3. The van der Waals surface area contributed by atoms with Crippen molar-refractivity contribution >= 4 is 29.4 Å². The summed E-state index contributed by atoms with van der Waals surface area (Å²) < 4.78 is 5.01. The molecule has 3 amide bonds. The third-order valence-electron chi connectivity index (χ3n) is 5.97. The first-order valence-corrected chi connectivity index (χ1v) is 11.1. The maximum absolute atomic E-state index is 12.9. The van der Waals surface area contributed by atoms with Gasteiger partial charge in [-0.3, -0.25) is 19.2 Å². The Morgan fingerprint density at radius 1 is 1.10 bits per heavy atom. The lowest BCUT2D eigenvalue weighted by molar-refractivity contribution is -0.152. The zero-order valence-electron chi connectivity index (χ0n) is 18.2. The molecule has 1 unspecified atom stereocenters. The van der Waals surface area contributed by atoms with Crippen molar-refractivity contribution in [2.75, 3.05) is 11.9 Å². The van der Waals surface area contributed by atoms with Gasteiger partial charge < -0.3 is 20.7 Å². The van der Waals surface area contributed by atoms with Gasteiger partial charge in [0.05, 0.1) is 6.61 Å². The van der Waals surface area contributed by atoms with Crippen LogP contribution in [0.25, 0.3) is 0 Å². The predicted octanol–water partition coefficient (Wildman–Crippen LogP) is 2.32. The average Bonchev–Trinajstić information content (AvgIpc) is 2.75. The molecule has 8 nitrogen and oxygen atoms in total. The van der Waals surface area contributed by atoms with E-state index in [9.17, 15) is 19.2 Å². The molecular formula is C23H31N3O5. The normalized spacial score (nSPS) is 21.3. The molecule has 0 bridgehead atoms. The van der Waals surface area contributed by atoms with Gasteiger partial charge >= 0.3 is 5.97 Å². The van der Waals surface area contributed by atoms with Gasteiger partial charge in [-0.25, -0.2) is 0 Å². The quantitative estimate of drug-likeness (QED) is 0.455. The number of rotatable bonds is 7. The van der Waals surface area contributed by atoms with E-state index < -0.39 is 11.9 Å². The second-order valence-corrected chi connectivity index (χ2v) is 8.11. The standard InChI is InChI=1S/C23H31N3O5/c1-3-16(23(30)31-4-2)22(29)26-19-8-6-5-7-18(19)25-21(28)15-9-11-17-14(13-15)10-12-20(27)24-17/h9,11,13,16,18-19H,3-8,10,12H2,1-2H3,(H,24,27)(H,25,28)(H,26,29)/t16?,18-,19-/m1/s1. The van der Waals surface area contributed by atoms with E-state index in [-0.39, 0.29) is 36.4 Å². The largest absolute Gasteiger partial charge is 0.465 e. The number of benzene rings is 1. The Morgan fingerprint density at radius 2 is 1.81 bits per heavy atom. The number of hydrogen-bond donors (Lipinski definition) is 3. The lowest BCUT2D eigenvalue weighted by atomic mass is 9.89. The molecule has 168 valence electrons. The average molecular weight is 430 g/mol. The van der Waals surface area contributed by atoms with E-state index in [0.717, 1.165) is 36.9 Å². The number of aryl methyl sites for hydroxylation is 1. The molecule has 1 saturated carbocycles. The van der Waals surface area contributed by atoms with E-state index in [0.29, 0.717) is 24.8 Å². The molecule has 0 saturated heterocycles. The highest BCUT2D eigenvalue weighted by atomic mass is 16.5. The SMILES string of the molecule is CCOC(=O)C(CC)C(=O)N[C@@H]1CCCC[C@H]1NC(=O)c1ccc2c(c1)CCC(=O)N2. The number of carbonyl (C=O) groups is 4. The third-order valence-corrected chi connectivity index (χ3v) is 5.97. The van der Waals surface area contributed by atoms with Crippen LogP contribution in [-0.2, 0) is 25.5 Å². The van der Waals surface area contributed by atoms with Crippen molar-refractivity contribution in [2.24, 2.45) is 5.92 Å². The Labute approximate surface area is 182 Å². The molecule has 31 heavy (non-hydrogen) atoms. The van der Waals surface area contributed by atoms with Crippen LogP contribution in [-0.4, -0.2) is 42.4 Å². The van der Waals surface area contributed by atoms with E-state index in [2.05, 4.69) is 16.0 Å². The molecule has 3 rings (SSSR count). The summed E-state index contributed by atoms with van der Waals surface area (Å²) in [6.45, 7) is 3.72. The zero-order valence-corrected chi connectivity index (χ0v) is 18.2. The Kier molecular flexibility index (Phi) is 7.65. The summed E-state index contributed by atoms with van der Waals surface area (Å²) in [6.07, 6.45) is 4.79. The summed E-state index contributed by atoms with van der Waals surface area (Å²) in [7, 11) is 0. The Bertz CT molecular complexity index is 854. The fraction of sp³-hybridized carbons (Fsp3) is 0.565. The second kappa shape index (κ2) is 10.4. The van der Waals surface area contributed by atoms with Gasteiger partial charge in [-0.05, 0) is 56.4 Å². The second-order valence-electron chi connectivity index (χ2n) is 8.11. The molecule has 1 aromatic carbocycles. The van der Waals surface area contributed by atoms with Crippen molar-refractivity contribution in [3.8, 4) is 0 Å². The van der Waals surface area contributed by atoms with Crippen molar-refractivity contribution in [2.45, 2.75) is 70.9 Å². The highest BCUT2D eigenvalue weighted by molar-refractivity contribution is 5.99. The van der Waals surface area contributed by atoms with Crippen LogP contribution < -0.4 is 16.0 Å². The summed E-state index contributed by atoms with van der Waals surface area (Å²) in [4.78, 5) is 49.2. The van der Waals surface area contributed by atoms with Gasteiger partial charge in [-0.2, -0.15) is 0 Å². The Morgan fingerprint density at radius 3 is 2.48 bits per heavy atom. The first-order valence-electron chi connectivity index (χ1n) is 11.1. The molecule has 1 aliphatic heterocycles. The fourth-order valence-corrected chi connectivity index (χ4v) is 4.24. The highest BCUT2D eigenvalue weighted by Crippen LogP contribution is 2.24. The van der Waals surface area contributed by atoms with Crippen molar-refractivity contribution in [1.82, 2.24) is 10.6 Å². The van der Waals surface area contributed by atoms with Crippen LogP contribution in [0.2, 0.25) is 0 Å². The minimum Gasteiger partial charge on any atom is -0.465 e. The van der Waals surface area contributed by atoms with Crippen LogP contribution in [0, 0.1) is 5.92 Å². The molecule has 0 aromatic heterocycles. The van der Waals surface area contributed by atoms with Crippen molar-refractivity contribution < 1.29 is 23.9 Å². The molecule has 0 spiro atoms. The van der Waals surface area contributed by atoms with Crippen LogP contribution in [0.5, 0.6) is 0 Å². The molecule has 3 N–H and O–H groups in total. The van der Waals surface area contributed by atoms with Crippen molar-refractivity contribution in [1.29, 1.82) is 0 Å². The number of esters is 1. The summed E-state index contributed by atoms with van der Waals surface area (Å²) in [6, 6.07) is 4.83. The maximum Gasteiger partial charge on any atom is 0.318 e. The summed E-state index contributed by atoms with van der Waals surface area (Å²) >= 11 is 0. The van der Waals surface area contributed by atoms with Crippen LogP contribution in [0.3, 0.4) is 0 Å². The van der Waals surface area contributed by atoms with Crippen molar-refractivity contribution in [3.63, 3.8) is 0 Å². The van der Waals surface area contributed by atoms with E-state index in [4.69, 9.17) is 4.74 Å². The van der Waals surface area contributed by atoms with Crippen molar-refractivity contribution in [3.05, 3.63) is 29.3 Å². The number of amides is 3. The minimum absolute atomic E-state index is 0.0151. The lowest BCUT2D eigenvalue weighted by Gasteiger charge is -2.33. The number of fused-ring (bicyclic) bond motifs is 1. The minimum atomic E-state index is -0.839. The Hall–Kier alpha value is -2.90. The topological polar surface area (TPSA) is 114 Å². The molecule has 3 atom stereocenters. The number of ether oxygens (including phenoxy) is 1. The first kappa shape index (κ1) is 22.8. The van der Waals surface area contributed by atoms with Gasteiger partial charge in [0.2, 0.25) is 11.8 Å². The molecule has 8 heteroatoms. The molecule has 1 aliphatic carbocycles. The summed E-state index contributed by atoms with van der Waals surface area (Å²) in [5.74, 6) is -1.92. The van der Waals surface area contributed by atoms with E-state index in [1.807, 2.05) is 6.07 Å². The summed E-state index contributed by atoms with van der Waals surface area (Å²) in [5, 5.41) is 8.84. The number of carbonyl (C=O) groups excluding carboxylic acids is 4. The van der Waals surface area contributed by atoms with E-state index in [1.54, 1.807) is 26.0 Å². The van der Waals surface area contributed by atoms with E-state index in [1.165, 1.54) is 0 Å². The zero-order chi connectivity index (χ0) is 22.4. The van der Waals surface area contributed by atoms with Gasteiger partial charge in [0.1, 0.15) is 5.92 Å². The van der Waals surface area contributed by atoms with E-state index >= 15 is 0 Å². The number of hydrogen-bond acceptors (Lipinski definition) is 5. The van der Waals surface area contributed by atoms with Crippen LogP contribution in [0.1, 0.15) is 68.3 Å². The molecule has 1 fully saturated rings. The van der Waals surface area contributed by atoms with Crippen LogP contribution in [0.15, 0.2) is 18.2 Å². The van der Waals surface area contributed by atoms with Gasteiger partial charge in [-0.15, -0.1) is 0 Å². The molecular weight excluding hydrogens is 398 g/mol. The predicted molar refractivity (Wildman–Crippen MR) is 115 cm³/mol. The number of anilines is 1. The molecule has 1 aromatic rings. The monoisotopic (exact) mass is 429 g/mol. The molecule has 1 heterocycles. The lowest BCUT2D eigenvalue weighted by Crippen LogP contribution is -2.54. The maximum atomic E-state index is 12.9. The molecule has 2 aliphatic rings. The Balaban J connectivity index is 1.65. The summed E-state index contributed by atoms with van der Waals surface area (Å²) in [5.41, 5.74) is 2.23. The highest BCUT2D eigenvalue weighted by Gasteiger charge is 2.33. The third kappa shape index (κ3) is 5.62. The van der Waals surface area contributed by atoms with Gasteiger partial charge in [0.25, 0.3) is 5.91 Å². The van der Waals surface area contributed by atoms with Gasteiger partial charge in [-0.1, -0.05) is 19.8 Å². The first-order chi connectivity index (χ1) is 14.9. The van der Waals surface area contributed by atoms with Crippen LogP contribution >= 0.6 is 0 Å². The smallest absolute Gasteiger partial charge is 0.318 e. The molecule has 0 radical (unpaired) electrons. The van der Waals surface area contributed by atoms with Crippen LogP contribution in [0.4, 0.5) is 5.69 Å².